The van der Waals surface area contributed by atoms with Crippen molar-refractivity contribution < 1.29 is 18.3 Å². The van der Waals surface area contributed by atoms with Crippen LogP contribution in [-0.2, 0) is 13.1 Å². The van der Waals surface area contributed by atoms with Gasteiger partial charge in [-0.25, -0.2) is 13.2 Å². The van der Waals surface area contributed by atoms with Gasteiger partial charge in [-0.1, -0.05) is 6.07 Å². The summed E-state index contributed by atoms with van der Waals surface area (Å²) >= 11 is 0. The molecule has 100 valence electrons. The zero-order valence-corrected chi connectivity index (χ0v) is 9.96. The van der Waals surface area contributed by atoms with E-state index in [2.05, 4.69) is 5.32 Å². The minimum atomic E-state index is -0.900. The Kier molecular flexibility index (Phi) is 4.06. The largest absolute Gasteiger partial charge is 0.508 e. The zero-order valence-electron chi connectivity index (χ0n) is 9.96. The second kappa shape index (κ2) is 5.75. The van der Waals surface area contributed by atoms with Gasteiger partial charge in [0.25, 0.3) is 0 Å². The molecule has 0 saturated heterocycles. The molecule has 2 N–H and O–H groups in total. The lowest BCUT2D eigenvalue weighted by Crippen LogP contribution is -2.13. The number of phenols is 1. The number of aromatic hydroxyl groups is 1. The summed E-state index contributed by atoms with van der Waals surface area (Å²) in [5.74, 6) is -2.46. The van der Waals surface area contributed by atoms with E-state index in [1.54, 1.807) is 0 Å². The van der Waals surface area contributed by atoms with Crippen molar-refractivity contribution in [2.45, 2.75) is 13.1 Å². The molecule has 0 spiro atoms. The molecule has 0 fully saturated rings. The molecule has 0 radical (unpaired) electrons. The number of rotatable bonds is 4. The van der Waals surface area contributed by atoms with Crippen LogP contribution in [-0.4, -0.2) is 5.11 Å². The lowest BCUT2D eigenvalue weighted by Gasteiger charge is -2.06. The summed E-state index contributed by atoms with van der Waals surface area (Å²) in [6, 6.07) is 7.36. The van der Waals surface area contributed by atoms with Gasteiger partial charge in [-0.3, -0.25) is 0 Å². The van der Waals surface area contributed by atoms with Crippen molar-refractivity contribution in [2.75, 3.05) is 0 Å². The van der Waals surface area contributed by atoms with E-state index in [0.29, 0.717) is 24.2 Å². The van der Waals surface area contributed by atoms with Crippen LogP contribution in [0.1, 0.15) is 11.1 Å². The van der Waals surface area contributed by atoms with Gasteiger partial charge in [0.2, 0.25) is 0 Å². The van der Waals surface area contributed by atoms with E-state index in [9.17, 15) is 18.3 Å². The molecule has 0 atom stereocenters. The highest BCUT2D eigenvalue weighted by Crippen LogP contribution is 2.14. The molecule has 5 heteroatoms. The van der Waals surface area contributed by atoms with Crippen molar-refractivity contribution in [3.05, 3.63) is 65.0 Å². The van der Waals surface area contributed by atoms with Crippen molar-refractivity contribution in [3.63, 3.8) is 0 Å². The maximum atomic E-state index is 13.0. The first-order chi connectivity index (χ1) is 9.04. The molecule has 0 saturated carbocycles. The van der Waals surface area contributed by atoms with Gasteiger partial charge in [0, 0.05) is 19.2 Å². The van der Waals surface area contributed by atoms with E-state index in [-0.39, 0.29) is 5.75 Å². The van der Waals surface area contributed by atoms with Gasteiger partial charge in [0.05, 0.1) is 0 Å². The molecule has 0 aliphatic carbocycles. The van der Waals surface area contributed by atoms with Crippen LogP contribution in [0.2, 0.25) is 0 Å². The molecule has 0 amide bonds. The van der Waals surface area contributed by atoms with Gasteiger partial charge in [-0.05, 0) is 35.4 Å². The molecule has 19 heavy (non-hydrogen) atoms. The summed E-state index contributed by atoms with van der Waals surface area (Å²) in [6.07, 6.45) is 0. The highest BCUT2D eigenvalue weighted by atomic mass is 19.2. The van der Waals surface area contributed by atoms with Crippen LogP contribution < -0.4 is 5.32 Å². The molecule has 0 heterocycles. The Morgan fingerprint density at radius 3 is 2.26 bits per heavy atom. The molecule has 0 unspecified atom stereocenters. The van der Waals surface area contributed by atoms with Crippen molar-refractivity contribution in [3.8, 4) is 5.75 Å². The van der Waals surface area contributed by atoms with Crippen molar-refractivity contribution in [1.82, 2.24) is 5.32 Å². The van der Waals surface area contributed by atoms with Gasteiger partial charge in [0.1, 0.15) is 11.6 Å². The Morgan fingerprint density at radius 1 is 0.842 bits per heavy atom. The van der Waals surface area contributed by atoms with Crippen molar-refractivity contribution in [1.29, 1.82) is 0 Å². The molecule has 0 bridgehead atoms. The highest BCUT2D eigenvalue weighted by Gasteiger charge is 2.03. The Hall–Kier alpha value is -2.01. The number of nitrogens with one attached hydrogen (secondary N) is 1. The predicted molar refractivity (Wildman–Crippen MR) is 65.0 cm³/mol. The summed E-state index contributed by atoms with van der Waals surface area (Å²) in [5, 5.41) is 12.2. The summed E-state index contributed by atoms with van der Waals surface area (Å²) in [7, 11) is 0. The normalized spacial score (nSPS) is 10.7. The number of phenolic OH excluding ortho intramolecular Hbond substituents is 1. The molecular formula is C14H12F3NO. The first kappa shape index (κ1) is 13.4. The van der Waals surface area contributed by atoms with Gasteiger partial charge in [-0.2, -0.15) is 0 Å². The summed E-state index contributed by atoms with van der Waals surface area (Å²) < 4.78 is 38.7. The summed E-state index contributed by atoms with van der Waals surface area (Å²) in [6.45, 7) is 0.624. The van der Waals surface area contributed by atoms with Gasteiger partial charge >= 0.3 is 0 Å². The minimum Gasteiger partial charge on any atom is -0.508 e. The van der Waals surface area contributed by atoms with Gasteiger partial charge in [0.15, 0.2) is 11.6 Å². The van der Waals surface area contributed by atoms with E-state index < -0.39 is 17.5 Å². The van der Waals surface area contributed by atoms with Crippen LogP contribution in [0.3, 0.4) is 0 Å². The van der Waals surface area contributed by atoms with Crippen molar-refractivity contribution >= 4 is 0 Å². The minimum absolute atomic E-state index is 0.148. The fourth-order valence-electron chi connectivity index (χ4n) is 1.74. The average Bonchev–Trinajstić information content (AvgIpc) is 2.32. The van der Waals surface area contributed by atoms with Crippen LogP contribution >= 0.6 is 0 Å². The predicted octanol–water partition coefficient (Wildman–Crippen LogP) is 3.10. The lowest BCUT2D eigenvalue weighted by atomic mass is 10.2. The molecule has 2 nitrogen and oxygen atoms in total. The van der Waals surface area contributed by atoms with Gasteiger partial charge < -0.3 is 10.4 Å². The molecule has 0 aliphatic heterocycles. The molecule has 2 rings (SSSR count). The summed E-state index contributed by atoms with van der Waals surface area (Å²) in [5.41, 5.74) is 1.15. The maximum absolute atomic E-state index is 13.0. The lowest BCUT2D eigenvalue weighted by molar-refractivity contribution is 0.467. The molecule has 0 aliphatic rings. The Morgan fingerprint density at radius 2 is 1.58 bits per heavy atom. The number of hydrogen-bond donors (Lipinski definition) is 2. The molecule has 0 aromatic heterocycles. The first-order valence-electron chi connectivity index (χ1n) is 5.67. The van der Waals surface area contributed by atoms with Crippen LogP contribution in [0, 0.1) is 17.5 Å². The van der Waals surface area contributed by atoms with Crippen molar-refractivity contribution in [2.24, 2.45) is 0 Å². The third kappa shape index (κ3) is 3.72. The fourth-order valence-corrected chi connectivity index (χ4v) is 1.74. The van der Waals surface area contributed by atoms with Crippen LogP contribution in [0.4, 0.5) is 13.2 Å². The molecule has 2 aromatic rings. The van der Waals surface area contributed by atoms with E-state index in [1.165, 1.54) is 18.2 Å². The Balaban J connectivity index is 1.94. The van der Waals surface area contributed by atoms with E-state index in [0.717, 1.165) is 18.2 Å². The first-order valence-corrected chi connectivity index (χ1v) is 5.67. The number of benzene rings is 2. The second-order valence-electron chi connectivity index (χ2n) is 4.17. The Labute approximate surface area is 108 Å². The topological polar surface area (TPSA) is 32.3 Å². The third-order valence-electron chi connectivity index (χ3n) is 2.58. The SMILES string of the molecule is Oc1cc(F)cc(CNCc2ccc(F)c(F)c2)c1. The molecular weight excluding hydrogens is 255 g/mol. The average molecular weight is 267 g/mol. The number of halogens is 3. The smallest absolute Gasteiger partial charge is 0.159 e. The van der Waals surface area contributed by atoms with Gasteiger partial charge in [-0.15, -0.1) is 0 Å². The van der Waals surface area contributed by atoms with Crippen LogP contribution in [0.25, 0.3) is 0 Å². The third-order valence-corrected chi connectivity index (χ3v) is 2.58. The highest BCUT2D eigenvalue weighted by molar-refractivity contribution is 5.28. The monoisotopic (exact) mass is 267 g/mol. The Bertz CT molecular complexity index is 567. The van der Waals surface area contributed by atoms with Crippen LogP contribution in [0.5, 0.6) is 5.75 Å². The summed E-state index contributed by atoms with van der Waals surface area (Å²) in [4.78, 5) is 0. The standard InChI is InChI=1S/C14H12F3NO/c15-11-3-10(4-12(19)6-11)8-18-7-9-1-2-13(16)14(17)5-9/h1-6,18-19H,7-8H2. The van der Waals surface area contributed by atoms with E-state index >= 15 is 0 Å². The van der Waals surface area contributed by atoms with Crippen LogP contribution in [0.15, 0.2) is 36.4 Å². The number of hydrogen-bond acceptors (Lipinski definition) is 2. The zero-order chi connectivity index (χ0) is 13.8. The quantitative estimate of drug-likeness (QED) is 0.892. The van der Waals surface area contributed by atoms with E-state index in [1.807, 2.05) is 0 Å². The maximum Gasteiger partial charge on any atom is 0.159 e. The molecule has 2 aromatic carbocycles. The second-order valence-corrected chi connectivity index (χ2v) is 4.17. The fraction of sp³-hybridized carbons (Fsp3) is 0.143. The van der Waals surface area contributed by atoms with E-state index in [4.69, 9.17) is 0 Å².